The van der Waals surface area contributed by atoms with Crippen molar-refractivity contribution in [3.63, 3.8) is 0 Å². The second-order valence-electron chi connectivity index (χ2n) is 9.81. The zero-order chi connectivity index (χ0) is 30.8. The van der Waals surface area contributed by atoms with Crippen molar-refractivity contribution in [2.75, 3.05) is 33.0 Å². The quantitative estimate of drug-likeness (QED) is 0.108. The van der Waals surface area contributed by atoms with Crippen LogP contribution < -0.4 is 14.2 Å². The molecule has 3 aromatic carbocycles. The van der Waals surface area contributed by atoms with Gasteiger partial charge in [-0.3, -0.25) is 0 Å². The molecule has 1 unspecified atom stereocenters. The Labute approximate surface area is 250 Å². The molecule has 0 saturated carbocycles. The smallest absolute Gasteiger partial charge is 0.343 e. The molecule has 0 spiro atoms. The third-order valence-electron chi connectivity index (χ3n) is 6.85. The van der Waals surface area contributed by atoms with Gasteiger partial charge < -0.3 is 28.8 Å². The summed E-state index contributed by atoms with van der Waals surface area (Å²) < 4.78 is 27.0. The summed E-state index contributed by atoms with van der Waals surface area (Å²) in [5, 5.41) is 8.90. The number of hydrogen-bond donors (Lipinski definition) is 1. The Bertz CT molecular complexity index is 1490. The molecule has 43 heavy (non-hydrogen) atoms. The number of rotatable bonds is 15. The van der Waals surface area contributed by atoms with Crippen molar-refractivity contribution >= 4 is 17.9 Å². The van der Waals surface area contributed by atoms with Gasteiger partial charge in [0.25, 0.3) is 0 Å². The molecule has 1 N–H and O–H groups in total. The summed E-state index contributed by atoms with van der Waals surface area (Å²) >= 11 is 0. The lowest BCUT2D eigenvalue weighted by Crippen LogP contribution is -2.11. The molecule has 0 heterocycles. The van der Waals surface area contributed by atoms with E-state index in [0.717, 1.165) is 34.1 Å². The van der Waals surface area contributed by atoms with Gasteiger partial charge in [0, 0.05) is 12.0 Å². The highest BCUT2D eigenvalue weighted by Gasteiger charge is 2.27. The summed E-state index contributed by atoms with van der Waals surface area (Å²) in [6.45, 7) is 9.43. The second-order valence-corrected chi connectivity index (χ2v) is 9.81. The Morgan fingerprint density at radius 1 is 0.791 bits per heavy atom. The summed E-state index contributed by atoms with van der Waals surface area (Å²) in [7, 11) is 0. The summed E-state index contributed by atoms with van der Waals surface area (Å²) in [4.78, 5) is 35.4. The molecular weight excluding hydrogens is 552 g/mol. The van der Waals surface area contributed by atoms with Crippen LogP contribution >= 0.6 is 0 Å². The van der Waals surface area contributed by atoms with Gasteiger partial charge in [0.05, 0.1) is 31.0 Å². The predicted octanol–water partition coefficient (Wildman–Crippen LogP) is 5.40. The minimum absolute atomic E-state index is 0.0370. The maximum Gasteiger partial charge on any atom is 0.343 e. The third kappa shape index (κ3) is 8.11. The molecule has 0 amide bonds. The van der Waals surface area contributed by atoms with Crippen LogP contribution in [0, 0.1) is 0 Å². The highest BCUT2D eigenvalue weighted by molar-refractivity contribution is 5.91. The van der Waals surface area contributed by atoms with Crippen LogP contribution in [0.2, 0.25) is 0 Å². The summed E-state index contributed by atoms with van der Waals surface area (Å²) in [6.07, 6.45) is 2.41. The summed E-state index contributed by atoms with van der Waals surface area (Å²) in [6, 6.07) is 18.2. The number of carbonyl (C=O) groups excluding carboxylic acids is 3. The van der Waals surface area contributed by atoms with Crippen LogP contribution in [-0.4, -0.2) is 56.0 Å². The van der Waals surface area contributed by atoms with E-state index in [1.807, 2.05) is 30.3 Å². The second kappa shape index (κ2) is 14.8. The minimum Gasteiger partial charge on any atom is -0.494 e. The molecular formula is C34H34O9. The molecule has 9 heteroatoms. The minimum atomic E-state index is -0.587. The lowest BCUT2D eigenvalue weighted by atomic mass is 9.99. The number of fused-ring (bicyclic) bond motifs is 3. The first kappa shape index (κ1) is 31.1. The Morgan fingerprint density at radius 3 is 2.07 bits per heavy atom. The summed E-state index contributed by atoms with van der Waals surface area (Å²) in [5.74, 6) is 0.223. The van der Waals surface area contributed by atoms with Crippen LogP contribution in [0.1, 0.15) is 47.2 Å². The van der Waals surface area contributed by atoms with Gasteiger partial charge >= 0.3 is 17.9 Å². The average molecular weight is 587 g/mol. The van der Waals surface area contributed by atoms with Crippen LogP contribution in [0.4, 0.5) is 0 Å². The first-order valence-corrected chi connectivity index (χ1v) is 13.9. The summed E-state index contributed by atoms with van der Waals surface area (Å²) in [5.41, 5.74) is 4.79. The van der Waals surface area contributed by atoms with E-state index in [1.54, 1.807) is 30.3 Å². The monoisotopic (exact) mass is 586 g/mol. The van der Waals surface area contributed by atoms with Crippen LogP contribution in [-0.2, 0) is 19.1 Å². The number of carbonyl (C=O) groups is 3. The predicted molar refractivity (Wildman–Crippen MR) is 159 cm³/mol. The molecule has 0 aromatic heterocycles. The van der Waals surface area contributed by atoms with Crippen molar-refractivity contribution in [3.05, 3.63) is 102 Å². The van der Waals surface area contributed by atoms with Crippen LogP contribution in [0.3, 0.4) is 0 Å². The van der Waals surface area contributed by atoms with E-state index >= 15 is 0 Å². The van der Waals surface area contributed by atoms with Gasteiger partial charge in [0.15, 0.2) is 0 Å². The van der Waals surface area contributed by atoms with Crippen molar-refractivity contribution in [1.82, 2.24) is 0 Å². The van der Waals surface area contributed by atoms with Gasteiger partial charge in [-0.25, -0.2) is 14.4 Å². The zero-order valence-electron chi connectivity index (χ0n) is 24.0. The van der Waals surface area contributed by atoms with Gasteiger partial charge in [-0.2, -0.15) is 0 Å². The molecule has 1 aliphatic carbocycles. The standard InChI is InChI=1S/C34H34O9/c1-4-32(36)41-18-17-40-25-9-7-24(8-10-25)34(38)43-27-12-14-29-28-13-11-26(19-30(28)23(3)31(29)20-27)39-15-5-6-16-42-33(37)22(2)21-35/h4,7-14,19-20,23,35H,1-2,5-6,15-18,21H2,3H3. The molecule has 1 atom stereocenters. The van der Waals surface area contributed by atoms with Crippen LogP contribution in [0.5, 0.6) is 17.2 Å². The SMILES string of the molecule is C=CC(=O)OCCOc1ccc(C(=O)Oc2ccc3c(c2)C(C)c2cc(OCCCCOC(=O)C(=C)CO)ccc2-3)cc1. The number of esters is 3. The topological polar surface area (TPSA) is 118 Å². The molecule has 224 valence electrons. The first-order chi connectivity index (χ1) is 20.8. The largest absolute Gasteiger partial charge is 0.494 e. The number of aliphatic hydroxyl groups is 1. The van der Waals surface area contributed by atoms with E-state index < -0.39 is 24.5 Å². The highest BCUT2D eigenvalue weighted by atomic mass is 16.6. The number of ether oxygens (including phenoxy) is 5. The fourth-order valence-corrected chi connectivity index (χ4v) is 4.55. The number of hydrogen-bond acceptors (Lipinski definition) is 9. The molecule has 3 aromatic rings. The average Bonchev–Trinajstić information content (AvgIpc) is 3.30. The number of unbranched alkanes of at least 4 members (excludes halogenated alkanes) is 1. The van der Waals surface area contributed by atoms with Crippen molar-refractivity contribution in [2.45, 2.75) is 25.7 Å². The number of aliphatic hydroxyl groups excluding tert-OH is 1. The molecule has 4 rings (SSSR count). The van der Waals surface area contributed by atoms with E-state index in [0.29, 0.717) is 36.5 Å². The Balaban J connectivity index is 1.28. The van der Waals surface area contributed by atoms with Gasteiger partial charge in [0.2, 0.25) is 0 Å². The first-order valence-electron chi connectivity index (χ1n) is 13.9. The molecule has 0 aliphatic heterocycles. The van der Waals surface area contributed by atoms with Crippen LogP contribution in [0.15, 0.2) is 85.5 Å². The zero-order valence-corrected chi connectivity index (χ0v) is 24.0. The van der Waals surface area contributed by atoms with Gasteiger partial charge in [0.1, 0.15) is 30.5 Å². The Hall–Kier alpha value is -4.89. The van der Waals surface area contributed by atoms with Crippen molar-refractivity contribution in [3.8, 4) is 28.4 Å². The lowest BCUT2D eigenvalue weighted by Gasteiger charge is -2.11. The van der Waals surface area contributed by atoms with E-state index in [1.165, 1.54) is 0 Å². The van der Waals surface area contributed by atoms with Crippen LogP contribution in [0.25, 0.3) is 11.1 Å². The van der Waals surface area contributed by atoms with Gasteiger partial charge in [-0.1, -0.05) is 32.2 Å². The number of benzene rings is 3. The molecule has 0 saturated heterocycles. The normalized spacial score (nSPS) is 12.8. The molecule has 0 radical (unpaired) electrons. The highest BCUT2D eigenvalue weighted by Crippen LogP contribution is 2.47. The Kier molecular flexibility index (Phi) is 10.7. The van der Waals surface area contributed by atoms with Crippen molar-refractivity contribution in [1.29, 1.82) is 0 Å². The molecule has 1 aliphatic rings. The lowest BCUT2D eigenvalue weighted by molar-refractivity contribution is -0.140. The van der Waals surface area contributed by atoms with E-state index in [2.05, 4.69) is 20.1 Å². The fourth-order valence-electron chi connectivity index (χ4n) is 4.55. The van der Waals surface area contributed by atoms with Gasteiger partial charge in [-0.15, -0.1) is 0 Å². The molecule has 0 bridgehead atoms. The Morgan fingerprint density at radius 2 is 1.40 bits per heavy atom. The van der Waals surface area contributed by atoms with Crippen molar-refractivity contribution in [2.24, 2.45) is 0 Å². The maximum atomic E-state index is 12.8. The third-order valence-corrected chi connectivity index (χ3v) is 6.85. The van der Waals surface area contributed by atoms with E-state index in [9.17, 15) is 14.4 Å². The molecule has 0 fully saturated rings. The van der Waals surface area contributed by atoms with Crippen molar-refractivity contribution < 1.29 is 43.2 Å². The van der Waals surface area contributed by atoms with Gasteiger partial charge in [-0.05, 0) is 83.6 Å². The fraction of sp³-hybridized carbons (Fsp3) is 0.265. The molecule has 9 nitrogen and oxygen atoms in total. The maximum absolute atomic E-state index is 12.8. The van der Waals surface area contributed by atoms with E-state index in [4.69, 9.17) is 28.8 Å². The van der Waals surface area contributed by atoms with E-state index in [-0.39, 0.29) is 31.3 Å².